The van der Waals surface area contributed by atoms with Gasteiger partial charge in [0.1, 0.15) is 0 Å². The summed E-state index contributed by atoms with van der Waals surface area (Å²) in [7, 11) is -3.25. The topological polar surface area (TPSA) is 79.4 Å². The van der Waals surface area contributed by atoms with Gasteiger partial charge in [-0.05, 0) is 35.8 Å². The molecule has 0 saturated heterocycles. The van der Waals surface area contributed by atoms with E-state index in [1.807, 2.05) is 42.5 Å². The Morgan fingerprint density at radius 1 is 1.30 bits per heavy atom. The lowest BCUT2D eigenvalue weighted by atomic mass is 10.0. The SMILES string of the molecule is CCS(=O)(=O)NCc1cnc2c(c1)CN(C(=O)/C=C/c1ccccc1)CC2. The third-order valence-electron chi connectivity index (χ3n) is 4.50. The van der Waals surface area contributed by atoms with Gasteiger partial charge in [-0.1, -0.05) is 30.3 Å². The van der Waals surface area contributed by atoms with Crippen molar-refractivity contribution in [3.63, 3.8) is 0 Å². The van der Waals surface area contributed by atoms with Crippen molar-refractivity contribution < 1.29 is 13.2 Å². The van der Waals surface area contributed by atoms with E-state index in [2.05, 4.69) is 9.71 Å². The smallest absolute Gasteiger partial charge is 0.246 e. The molecule has 3 rings (SSSR count). The van der Waals surface area contributed by atoms with Crippen LogP contribution in [0.2, 0.25) is 0 Å². The third-order valence-corrected chi connectivity index (χ3v) is 5.85. The van der Waals surface area contributed by atoms with Gasteiger partial charge >= 0.3 is 0 Å². The van der Waals surface area contributed by atoms with Crippen molar-refractivity contribution in [3.05, 3.63) is 71.1 Å². The van der Waals surface area contributed by atoms with Crippen molar-refractivity contribution >= 4 is 22.0 Å². The summed E-state index contributed by atoms with van der Waals surface area (Å²) >= 11 is 0. The molecule has 142 valence electrons. The van der Waals surface area contributed by atoms with Crippen LogP contribution in [0.25, 0.3) is 6.08 Å². The summed E-state index contributed by atoms with van der Waals surface area (Å²) in [5.41, 5.74) is 3.71. The lowest BCUT2D eigenvalue weighted by Gasteiger charge is -2.27. The van der Waals surface area contributed by atoms with E-state index in [0.29, 0.717) is 19.5 Å². The van der Waals surface area contributed by atoms with Gasteiger partial charge in [-0.15, -0.1) is 0 Å². The van der Waals surface area contributed by atoms with Crippen LogP contribution in [0.4, 0.5) is 0 Å². The summed E-state index contributed by atoms with van der Waals surface area (Å²) < 4.78 is 25.7. The first-order chi connectivity index (χ1) is 13.0. The number of aromatic nitrogens is 1. The molecule has 27 heavy (non-hydrogen) atoms. The second-order valence-corrected chi connectivity index (χ2v) is 8.52. The summed E-state index contributed by atoms with van der Waals surface area (Å²) in [6, 6.07) is 11.6. The van der Waals surface area contributed by atoms with Crippen LogP contribution in [-0.4, -0.2) is 36.5 Å². The first-order valence-corrected chi connectivity index (χ1v) is 10.6. The second-order valence-electron chi connectivity index (χ2n) is 6.43. The standard InChI is InChI=1S/C20H23N3O3S/c1-2-27(25,26)22-14-17-12-18-15-23(11-10-19(18)21-13-17)20(24)9-8-16-6-4-3-5-7-16/h3-9,12-13,22H,2,10-11,14-15H2,1H3/b9-8+. The number of hydrogen-bond acceptors (Lipinski definition) is 4. The molecule has 1 aromatic carbocycles. The van der Waals surface area contributed by atoms with E-state index in [0.717, 1.165) is 22.4 Å². The summed E-state index contributed by atoms with van der Waals surface area (Å²) in [5.74, 6) is 0.00286. The summed E-state index contributed by atoms with van der Waals surface area (Å²) in [6.07, 6.45) is 5.80. The molecule has 1 amide bonds. The number of sulfonamides is 1. The Balaban J connectivity index is 1.66. The molecule has 0 atom stereocenters. The quantitative estimate of drug-likeness (QED) is 0.773. The molecule has 0 unspecified atom stereocenters. The van der Waals surface area contributed by atoms with Gasteiger partial charge in [0.15, 0.2) is 0 Å². The minimum Gasteiger partial charge on any atom is -0.334 e. The van der Waals surface area contributed by atoms with Crippen LogP contribution in [0, 0.1) is 0 Å². The maximum atomic E-state index is 12.5. The minimum absolute atomic E-state index is 0.0402. The van der Waals surface area contributed by atoms with Crippen molar-refractivity contribution in [1.82, 2.24) is 14.6 Å². The van der Waals surface area contributed by atoms with Crippen LogP contribution in [-0.2, 0) is 34.3 Å². The molecule has 0 spiro atoms. The van der Waals surface area contributed by atoms with Gasteiger partial charge in [-0.25, -0.2) is 13.1 Å². The maximum Gasteiger partial charge on any atom is 0.246 e. The number of benzene rings is 1. The molecule has 2 aromatic rings. The highest BCUT2D eigenvalue weighted by Crippen LogP contribution is 2.19. The first-order valence-electron chi connectivity index (χ1n) is 8.93. The molecule has 1 aromatic heterocycles. The van der Waals surface area contributed by atoms with Gasteiger partial charge in [0.25, 0.3) is 0 Å². The molecule has 1 aliphatic heterocycles. The first kappa shape index (κ1) is 19.3. The van der Waals surface area contributed by atoms with Crippen LogP contribution in [0.1, 0.15) is 29.3 Å². The Morgan fingerprint density at radius 2 is 2.07 bits per heavy atom. The van der Waals surface area contributed by atoms with E-state index >= 15 is 0 Å². The lowest BCUT2D eigenvalue weighted by Crippen LogP contribution is -2.35. The minimum atomic E-state index is -3.25. The molecular formula is C20H23N3O3S. The fourth-order valence-electron chi connectivity index (χ4n) is 2.89. The molecule has 0 fully saturated rings. The Hall–Kier alpha value is -2.51. The molecule has 0 aliphatic carbocycles. The van der Waals surface area contributed by atoms with E-state index in [9.17, 15) is 13.2 Å². The van der Waals surface area contributed by atoms with Crippen molar-refractivity contribution in [2.75, 3.05) is 12.3 Å². The summed E-state index contributed by atoms with van der Waals surface area (Å²) in [6.45, 7) is 2.91. The molecular weight excluding hydrogens is 362 g/mol. The van der Waals surface area contributed by atoms with Gasteiger partial charge in [0.2, 0.25) is 15.9 Å². The van der Waals surface area contributed by atoms with E-state index in [-0.39, 0.29) is 18.2 Å². The van der Waals surface area contributed by atoms with E-state index in [1.54, 1.807) is 24.1 Å². The van der Waals surface area contributed by atoms with Crippen LogP contribution < -0.4 is 4.72 Å². The predicted molar refractivity (Wildman–Crippen MR) is 105 cm³/mol. The highest BCUT2D eigenvalue weighted by atomic mass is 32.2. The molecule has 1 N–H and O–H groups in total. The van der Waals surface area contributed by atoms with Gasteiger partial charge in [0, 0.05) is 44.0 Å². The van der Waals surface area contributed by atoms with Crippen LogP contribution in [0.5, 0.6) is 0 Å². The molecule has 0 radical (unpaired) electrons. The number of amides is 1. The zero-order valence-electron chi connectivity index (χ0n) is 15.3. The monoisotopic (exact) mass is 385 g/mol. The normalized spacial score (nSPS) is 14.3. The van der Waals surface area contributed by atoms with Gasteiger partial charge < -0.3 is 4.90 Å². The van der Waals surface area contributed by atoms with E-state index in [4.69, 9.17) is 0 Å². The number of nitrogens with one attached hydrogen (secondary N) is 1. The Morgan fingerprint density at radius 3 is 2.81 bits per heavy atom. The van der Waals surface area contributed by atoms with Gasteiger partial charge in [-0.2, -0.15) is 0 Å². The lowest BCUT2D eigenvalue weighted by molar-refractivity contribution is -0.126. The Labute approximate surface area is 160 Å². The van der Waals surface area contributed by atoms with Gasteiger partial charge in [-0.3, -0.25) is 9.78 Å². The average molecular weight is 385 g/mol. The van der Waals surface area contributed by atoms with Gasteiger partial charge in [0.05, 0.1) is 5.75 Å². The molecule has 0 saturated carbocycles. The van der Waals surface area contributed by atoms with Crippen molar-refractivity contribution in [1.29, 1.82) is 0 Å². The van der Waals surface area contributed by atoms with Crippen molar-refractivity contribution in [3.8, 4) is 0 Å². The fraction of sp³-hybridized carbons (Fsp3) is 0.300. The zero-order valence-corrected chi connectivity index (χ0v) is 16.1. The Bertz CT molecular complexity index is 940. The average Bonchev–Trinajstić information content (AvgIpc) is 2.70. The van der Waals surface area contributed by atoms with Crippen LogP contribution in [0.3, 0.4) is 0 Å². The zero-order chi connectivity index (χ0) is 19.3. The largest absolute Gasteiger partial charge is 0.334 e. The number of rotatable bonds is 6. The fourth-order valence-corrected chi connectivity index (χ4v) is 3.48. The van der Waals surface area contributed by atoms with Crippen molar-refractivity contribution in [2.45, 2.75) is 26.4 Å². The number of nitrogens with zero attached hydrogens (tertiary/aromatic N) is 2. The number of fused-ring (bicyclic) bond motifs is 1. The summed E-state index contributed by atoms with van der Waals surface area (Å²) in [5, 5.41) is 0. The van der Waals surface area contributed by atoms with Crippen molar-refractivity contribution in [2.24, 2.45) is 0 Å². The number of pyridine rings is 1. The molecule has 6 nitrogen and oxygen atoms in total. The predicted octanol–water partition coefficient (Wildman–Crippen LogP) is 2.12. The third kappa shape index (κ3) is 5.24. The molecule has 1 aliphatic rings. The molecule has 0 bridgehead atoms. The van der Waals surface area contributed by atoms with E-state index in [1.165, 1.54) is 0 Å². The number of carbonyl (C=O) groups excluding carboxylic acids is 1. The molecule has 2 heterocycles. The summed E-state index contributed by atoms with van der Waals surface area (Å²) in [4.78, 5) is 18.7. The van der Waals surface area contributed by atoms with Crippen LogP contribution >= 0.6 is 0 Å². The second kappa shape index (κ2) is 8.45. The highest BCUT2D eigenvalue weighted by molar-refractivity contribution is 7.89. The highest BCUT2D eigenvalue weighted by Gasteiger charge is 2.20. The molecule has 7 heteroatoms. The number of carbonyl (C=O) groups is 1. The maximum absolute atomic E-state index is 12.5. The van der Waals surface area contributed by atoms with E-state index < -0.39 is 10.0 Å². The Kier molecular flexibility index (Phi) is 6.03. The van der Waals surface area contributed by atoms with Crippen LogP contribution in [0.15, 0.2) is 48.7 Å². The number of hydrogen-bond donors (Lipinski definition) is 1.